The Morgan fingerprint density at radius 1 is 0.955 bits per heavy atom. The molecule has 0 atom stereocenters. The van der Waals surface area contributed by atoms with Crippen LogP contribution in [0.1, 0.15) is 39.9 Å². The van der Waals surface area contributed by atoms with Crippen LogP contribution in [0.4, 0.5) is 20.3 Å². The van der Waals surface area contributed by atoms with Crippen molar-refractivity contribution in [2.24, 2.45) is 10.7 Å². The monoisotopic (exact) mass is 614 g/mol. The topological polar surface area (TPSA) is 113 Å². The minimum absolute atomic E-state index is 0.129. The number of likely N-dealkylation sites (tertiary alicyclic amines) is 1. The van der Waals surface area contributed by atoms with Gasteiger partial charge in [-0.2, -0.15) is 0 Å². The standard InChI is InChI=1S/C33H29ClF2N6O2/c1-38-32(44)33(37)13-15-42(16-14-33)31(43)19-5-9-22(10-6-19)40-27-12-7-20-18-39-30(28-25(35)3-2-4-26(28)36)24-17-21(34)8-11-23(24)29(20)41-27/h2-12,17H,13-16,18,37H2,1H3,(H,38,44)(H,40,41). The van der Waals surface area contributed by atoms with Crippen molar-refractivity contribution < 1.29 is 18.4 Å². The van der Waals surface area contributed by atoms with Gasteiger partial charge in [0.25, 0.3) is 5.91 Å². The van der Waals surface area contributed by atoms with Crippen LogP contribution in [-0.2, 0) is 11.3 Å². The van der Waals surface area contributed by atoms with Crippen molar-refractivity contribution in [2.45, 2.75) is 24.9 Å². The zero-order valence-electron chi connectivity index (χ0n) is 23.8. The lowest BCUT2D eigenvalue weighted by Crippen LogP contribution is -2.59. The van der Waals surface area contributed by atoms with Crippen LogP contribution in [0.2, 0.25) is 5.02 Å². The molecule has 2 aliphatic rings. The van der Waals surface area contributed by atoms with Gasteiger partial charge in [-0.15, -0.1) is 0 Å². The smallest absolute Gasteiger partial charge is 0.253 e. The highest BCUT2D eigenvalue weighted by Gasteiger charge is 2.38. The molecular weight excluding hydrogens is 586 g/mol. The van der Waals surface area contributed by atoms with E-state index in [9.17, 15) is 18.4 Å². The number of carbonyl (C=O) groups is 2. The van der Waals surface area contributed by atoms with Crippen molar-refractivity contribution in [3.63, 3.8) is 0 Å². The Bertz CT molecular complexity index is 1780. The maximum absolute atomic E-state index is 14.8. The lowest BCUT2D eigenvalue weighted by molar-refractivity contribution is -0.127. The summed E-state index contributed by atoms with van der Waals surface area (Å²) in [5.41, 5.74) is 8.98. The van der Waals surface area contributed by atoms with Crippen LogP contribution < -0.4 is 16.4 Å². The molecule has 3 aromatic carbocycles. The first-order chi connectivity index (χ1) is 21.2. The molecule has 1 fully saturated rings. The Hall–Kier alpha value is -4.67. The van der Waals surface area contributed by atoms with Gasteiger partial charge in [-0.05, 0) is 67.4 Å². The number of pyridine rings is 1. The highest BCUT2D eigenvalue weighted by atomic mass is 35.5. The average Bonchev–Trinajstić information content (AvgIpc) is 3.17. The van der Waals surface area contributed by atoms with Crippen molar-refractivity contribution in [3.8, 4) is 11.3 Å². The molecule has 2 aliphatic heterocycles. The molecule has 4 N–H and O–H groups in total. The Balaban J connectivity index is 1.23. The van der Waals surface area contributed by atoms with E-state index >= 15 is 0 Å². The van der Waals surface area contributed by atoms with Crippen LogP contribution in [0.5, 0.6) is 0 Å². The molecule has 224 valence electrons. The molecule has 0 radical (unpaired) electrons. The lowest BCUT2D eigenvalue weighted by atomic mass is 9.87. The molecule has 0 spiro atoms. The van der Waals surface area contributed by atoms with Crippen LogP contribution >= 0.6 is 11.6 Å². The summed E-state index contributed by atoms with van der Waals surface area (Å²) < 4.78 is 29.7. The molecule has 11 heteroatoms. The fraction of sp³-hybridized carbons (Fsp3) is 0.212. The molecule has 8 nitrogen and oxygen atoms in total. The minimum atomic E-state index is -0.964. The van der Waals surface area contributed by atoms with E-state index in [1.807, 2.05) is 6.07 Å². The van der Waals surface area contributed by atoms with Crippen molar-refractivity contribution in [3.05, 3.63) is 112 Å². The van der Waals surface area contributed by atoms with Crippen molar-refractivity contribution in [1.29, 1.82) is 0 Å². The number of anilines is 2. The van der Waals surface area contributed by atoms with Crippen molar-refractivity contribution in [1.82, 2.24) is 15.2 Å². The number of carbonyl (C=O) groups excluding carboxylic acids is 2. The number of likely N-dealkylation sites (N-methyl/N-ethyl adjacent to an activating group) is 1. The quantitative estimate of drug-likeness (QED) is 0.277. The second kappa shape index (κ2) is 11.8. The van der Waals surface area contributed by atoms with Crippen molar-refractivity contribution >= 4 is 40.6 Å². The summed E-state index contributed by atoms with van der Waals surface area (Å²) in [6, 6.07) is 19.6. The summed E-state index contributed by atoms with van der Waals surface area (Å²) in [7, 11) is 1.56. The summed E-state index contributed by atoms with van der Waals surface area (Å²) in [6.07, 6.45) is 0.776. The summed E-state index contributed by atoms with van der Waals surface area (Å²) in [6.45, 7) is 0.951. The van der Waals surface area contributed by atoms with E-state index in [0.29, 0.717) is 64.8 Å². The highest BCUT2D eigenvalue weighted by Crippen LogP contribution is 2.35. The first-order valence-corrected chi connectivity index (χ1v) is 14.5. The van der Waals surface area contributed by atoms with Gasteiger partial charge in [0.05, 0.1) is 29.1 Å². The van der Waals surface area contributed by atoms with Gasteiger partial charge in [0.1, 0.15) is 17.5 Å². The van der Waals surface area contributed by atoms with Crippen LogP contribution in [0.25, 0.3) is 11.3 Å². The number of hydrogen-bond acceptors (Lipinski definition) is 6. The number of fused-ring (bicyclic) bond motifs is 3. The fourth-order valence-electron chi connectivity index (χ4n) is 5.64. The number of nitrogens with one attached hydrogen (secondary N) is 2. The number of halogens is 3. The van der Waals surface area contributed by atoms with Crippen LogP contribution in [0, 0.1) is 11.6 Å². The lowest BCUT2D eigenvalue weighted by Gasteiger charge is -2.37. The predicted octanol–water partition coefficient (Wildman–Crippen LogP) is 5.45. The molecule has 4 aromatic rings. The Kier molecular flexibility index (Phi) is 7.87. The summed E-state index contributed by atoms with van der Waals surface area (Å²) in [5, 5.41) is 6.27. The van der Waals surface area contributed by atoms with Gasteiger partial charge >= 0.3 is 0 Å². The predicted molar refractivity (Wildman–Crippen MR) is 166 cm³/mol. The van der Waals surface area contributed by atoms with E-state index in [1.165, 1.54) is 18.2 Å². The molecule has 44 heavy (non-hydrogen) atoms. The fourth-order valence-corrected chi connectivity index (χ4v) is 5.81. The first kappa shape index (κ1) is 29.4. The average molecular weight is 615 g/mol. The van der Waals surface area contributed by atoms with E-state index in [0.717, 1.165) is 5.56 Å². The third-order valence-electron chi connectivity index (χ3n) is 8.10. The number of nitrogens with two attached hydrogens (primary N) is 1. The second-order valence-corrected chi connectivity index (χ2v) is 11.3. The van der Waals surface area contributed by atoms with Gasteiger partial charge in [0.15, 0.2) is 0 Å². The van der Waals surface area contributed by atoms with Gasteiger partial charge < -0.3 is 21.3 Å². The molecule has 0 unspecified atom stereocenters. The molecule has 0 aliphatic carbocycles. The van der Waals surface area contributed by atoms with Gasteiger partial charge in [0.2, 0.25) is 5.91 Å². The number of aromatic nitrogens is 1. The number of nitrogens with zero attached hydrogens (tertiary/aromatic N) is 3. The van der Waals surface area contributed by atoms with Gasteiger partial charge in [0, 0.05) is 53.1 Å². The third kappa shape index (κ3) is 5.54. The van der Waals surface area contributed by atoms with Crippen LogP contribution in [-0.4, -0.2) is 53.1 Å². The number of amides is 2. The zero-order valence-corrected chi connectivity index (χ0v) is 24.6. The number of benzene rings is 3. The van der Waals surface area contributed by atoms with E-state index in [4.69, 9.17) is 22.3 Å². The molecule has 0 saturated carbocycles. The molecule has 1 saturated heterocycles. The highest BCUT2D eigenvalue weighted by molar-refractivity contribution is 6.31. The maximum Gasteiger partial charge on any atom is 0.253 e. The SMILES string of the molecule is CNC(=O)C1(N)CCN(C(=O)c2ccc(Nc3ccc4c(n3)-c3ccc(Cl)cc3C(c3c(F)cccc3F)=NC4)cc2)CC1. The van der Waals surface area contributed by atoms with Crippen molar-refractivity contribution in [2.75, 3.05) is 25.5 Å². The maximum atomic E-state index is 14.8. The molecule has 1 aromatic heterocycles. The summed E-state index contributed by atoms with van der Waals surface area (Å²) in [4.78, 5) is 36.4. The molecule has 0 bridgehead atoms. The molecule has 6 rings (SSSR count). The zero-order chi connectivity index (χ0) is 31.0. The van der Waals surface area contributed by atoms with E-state index in [2.05, 4.69) is 15.6 Å². The van der Waals surface area contributed by atoms with Crippen LogP contribution in [0.3, 0.4) is 0 Å². The number of rotatable bonds is 5. The Labute approximate surface area is 258 Å². The Morgan fingerprint density at radius 3 is 2.34 bits per heavy atom. The normalized spacial score (nSPS) is 15.4. The van der Waals surface area contributed by atoms with Crippen LogP contribution in [0.15, 0.2) is 77.8 Å². The molecule has 2 amide bonds. The minimum Gasteiger partial charge on any atom is -0.358 e. The summed E-state index contributed by atoms with van der Waals surface area (Å²) in [5.74, 6) is -1.24. The van der Waals surface area contributed by atoms with Gasteiger partial charge in [-0.1, -0.05) is 29.8 Å². The number of hydrogen-bond donors (Lipinski definition) is 3. The van der Waals surface area contributed by atoms with E-state index in [1.54, 1.807) is 60.5 Å². The second-order valence-electron chi connectivity index (χ2n) is 10.9. The molecule has 3 heterocycles. The summed E-state index contributed by atoms with van der Waals surface area (Å²) >= 11 is 6.32. The van der Waals surface area contributed by atoms with Gasteiger partial charge in [-0.25, -0.2) is 13.8 Å². The first-order valence-electron chi connectivity index (χ1n) is 14.1. The Morgan fingerprint density at radius 2 is 1.66 bits per heavy atom. The van der Waals surface area contributed by atoms with E-state index < -0.39 is 17.2 Å². The largest absolute Gasteiger partial charge is 0.358 e. The number of aliphatic imine (C=N–C) groups is 1. The van der Waals surface area contributed by atoms with E-state index in [-0.39, 0.29) is 29.6 Å². The number of piperidine rings is 1. The molecular formula is C33H29ClF2N6O2. The third-order valence-corrected chi connectivity index (χ3v) is 8.34. The van der Waals surface area contributed by atoms with Gasteiger partial charge in [-0.3, -0.25) is 14.6 Å².